The summed E-state index contributed by atoms with van der Waals surface area (Å²) in [6.07, 6.45) is 3.49. The maximum Gasteiger partial charge on any atom is 0.201 e. The Morgan fingerprint density at radius 2 is 1.94 bits per heavy atom. The Balaban J connectivity index is 2.10. The zero-order valence-corrected chi connectivity index (χ0v) is 9.96. The Hall–Kier alpha value is -2.56. The Labute approximate surface area is 104 Å². The molecule has 3 rings (SSSR count). The van der Waals surface area contributed by atoms with Crippen molar-refractivity contribution in [3.05, 3.63) is 42.7 Å². The standard InChI is InChI=1S/C13H13N5/c1-18-11-4-2-3-10(12(11)17-13(18)14)16-9-5-7-15-8-6-9/h2-8H,1H3,(H2,14,17)(H,15,16). The van der Waals surface area contributed by atoms with Crippen molar-refractivity contribution in [2.45, 2.75) is 0 Å². The fraction of sp³-hybridized carbons (Fsp3) is 0.0769. The molecule has 3 aromatic rings. The second-order valence-corrected chi connectivity index (χ2v) is 4.06. The van der Waals surface area contributed by atoms with Crippen LogP contribution in [0.3, 0.4) is 0 Å². The van der Waals surface area contributed by atoms with Gasteiger partial charge in [-0.1, -0.05) is 6.07 Å². The molecule has 1 aromatic carbocycles. The summed E-state index contributed by atoms with van der Waals surface area (Å²) in [6.45, 7) is 0. The van der Waals surface area contributed by atoms with E-state index in [-0.39, 0.29) is 0 Å². The molecule has 0 spiro atoms. The van der Waals surface area contributed by atoms with E-state index in [1.165, 1.54) is 0 Å². The molecule has 0 aliphatic carbocycles. The van der Waals surface area contributed by atoms with Crippen LogP contribution < -0.4 is 11.1 Å². The summed E-state index contributed by atoms with van der Waals surface area (Å²) in [5.41, 5.74) is 9.61. The van der Waals surface area contributed by atoms with Crippen LogP contribution in [0.1, 0.15) is 0 Å². The van der Waals surface area contributed by atoms with E-state index in [0.29, 0.717) is 5.95 Å². The van der Waals surface area contributed by atoms with Gasteiger partial charge in [0.15, 0.2) is 0 Å². The number of hydrogen-bond donors (Lipinski definition) is 2. The van der Waals surface area contributed by atoms with Gasteiger partial charge in [0.1, 0.15) is 5.52 Å². The van der Waals surface area contributed by atoms with Crippen LogP contribution in [-0.2, 0) is 7.05 Å². The molecular weight excluding hydrogens is 226 g/mol. The Bertz CT molecular complexity index is 687. The van der Waals surface area contributed by atoms with E-state index in [2.05, 4.69) is 15.3 Å². The minimum absolute atomic E-state index is 0.508. The van der Waals surface area contributed by atoms with E-state index in [0.717, 1.165) is 22.4 Å². The van der Waals surface area contributed by atoms with Crippen molar-refractivity contribution in [3.63, 3.8) is 0 Å². The van der Waals surface area contributed by atoms with Gasteiger partial charge in [-0.3, -0.25) is 4.98 Å². The number of nitrogens with one attached hydrogen (secondary N) is 1. The van der Waals surface area contributed by atoms with E-state index in [9.17, 15) is 0 Å². The maximum absolute atomic E-state index is 5.83. The van der Waals surface area contributed by atoms with Gasteiger partial charge in [-0.25, -0.2) is 4.98 Å². The first-order valence-electron chi connectivity index (χ1n) is 5.63. The van der Waals surface area contributed by atoms with Gasteiger partial charge in [0.2, 0.25) is 5.95 Å². The summed E-state index contributed by atoms with van der Waals surface area (Å²) in [5.74, 6) is 0.508. The Morgan fingerprint density at radius 3 is 2.72 bits per heavy atom. The van der Waals surface area contributed by atoms with Gasteiger partial charge in [0.25, 0.3) is 0 Å². The molecule has 18 heavy (non-hydrogen) atoms. The number of para-hydroxylation sites is 1. The normalized spacial score (nSPS) is 10.7. The average molecular weight is 239 g/mol. The summed E-state index contributed by atoms with van der Waals surface area (Å²) in [6, 6.07) is 9.77. The molecule has 0 radical (unpaired) electrons. The van der Waals surface area contributed by atoms with E-state index < -0.39 is 0 Å². The Morgan fingerprint density at radius 1 is 1.17 bits per heavy atom. The van der Waals surface area contributed by atoms with Gasteiger partial charge in [0.05, 0.1) is 11.2 Å². The summed E-state index contributed by atoms with van der Waals surface area (Å²) in [4.78, 5) is 8.36. The fourth-order valence-electron chi connectivity index (χ4n) is 1.92. The van der Waals surface area contributed by atoms with E-state index in [4.69, 9.17) is 5.73 Å². The molecule has 0 bridgehead atoms. The number of aryl methyl sites for hydroxylation is 1. The van der Waals surface area contributed by atoms with Crippen molar-refractivity contribution >= 4 is 28.4 Å². The minimum atomic E-state index is 0.508. The fourth-order valence-corrected chi connectivity index (χ4v) is 1.92. The number of rotatable bonds is 2. The van der Waals surface area contributed by atoms with Gasteiger partial charge < -0.3 is 15.6 Å². The van der Waals surface area contributed by atoms with Crippen LogP contribution in [0.2, 0.25) is 0 Å². The number of nitrogen functional groups attached to an aromatic ring is 1. The lowest BCUT2D eigenvalue weighted by molar-refractivity contribution is 0.965. The molecule has 0 unspecified atom stereocenters. The van der Waals surface area contributed by atoms with E-state index in [1.54, 1.807) is 12.4 Å². The number of anilines is 3. The third-order valence-corrected chi connectivity index (χ3v) is 2.91. The topological polar surface area (TPSA) is 68.8 Å². The first-order valence-corrected chi connectivity index (χ1v) is 5.63. The average Bonchev–Trinajstić information content (AvgIpc) is 2.69. The van der Waals surface area contributed by atoms with Gasteiger partial charge >= 0.3 is 0 Å². The minimum Gasteiger partial charge on any atom is -0.369 e. The highest BCUT2D eigenvalue weighted by molar-refractivity contribution is 5.91. The first-order chi connectivity index (χ1) is 8.75. The van der Waals surface area contributed by atoms with Gasteiger partial charge in [0, 0.05) is 25.1 Å². The van der Waals surface area contributed by atoms with E-state index in [1.807, 2.05) is 41.9 Å². The van der Waals surface area contributed by atoms with Crippen LogP contribution in [0, 0.1) is 0 Å². The highest BCUT2D eigenvalue weighted by Gasteiger charge is 2.08. The number of hydrogen-bond acceptors (Lipinski definition) is 4. The van der Waals surface area contributed by atoms with Crippen molar-refractivity contribution in [2.24, 2.45) is 7.05 Å². The summed E-state index contributed by atoms with van der Waals surface area (Å²) in [5, 5.41) is 3.32. The highest BCUT2D eigenvalue weighted by atomic mass is 15.1. The number of aromatic nitrogens is 3. The number of benzene rings is 1. The van der Waals surface area contributed by atoms with Crippen LogP contribution >= 0.6 is 0 Å². The summed E-state index contributed by atoms with van der Waals surface area (Å²) >= 11 is 0. The van der Waals surface area contributed by atoms with Crippen LogP contribution in [0.4, 0.5) is 17.3 Å². The van der Waals surface area contributed by atoms with Crippen LogP contribution in [-0.4, -0.2) is 14.5 Å². The quantitative estimate of drug-likeness (QED) is 0.720. The van der Waals surface area contributed by atoms with Crippen molar-refractivity contribution in [2.75, 3.05) is 11.1 Å². The number of nitrogens with two attached hydrogens (primary N) is 1. The lowest BCUT2D eigenvalue weighted by Crippen LogP contribution is -1.95. The summed E-state index contributed by atoms with van der Waals surface area (Å²) < 4.78 is 1.87. The molecule has 0 saturated carbocycles. The molecule has 0 aliphatic heterocycles. The van der Waals surface area contributed by atoms with Gasteiger partial charge in [-0.2, -0.15) is 0 Å². The number of pyridine rings is 1. The highest BCUT2D eigenvalue weighted by Crippen LogP contribution is 2.26. The largest absolute Gasteiger partial charge is 0.369 e. The molecule has 90 valence electrons. The van der Waals surface area contributed by atoms with Crippen LogP contribution in [0.25, 0.3) is 11.0 Å². The molecule has 3 N–H and O–H groups in total. The first kappa shape index (κ1) is 10.6. The number of nitrogens with zero attached hydrogens (tertiary/aromatic N) is 3. The maximum atomic E-state index is 5.83. The van der Waals surface area contributed by atoms with Crippen LogP contribution in [0.15, 0.2) is 42.7 Å². The van der Waals surface area contributed by atoms with Gasteiger partial charge in [-0.15, -0.1) is 0 Å². The van der Waals surface area contributed by atoms with Crippen molar-refractivity contribution in [1.29, 1.82) is 0 Å². The predicted octanol–water partition coefficient (Wildman–Crippen LogP) is 2.29. The molecule has 0 saturated heterocycles. The number of fused-ring (bicyclic) bond motifs is 1. The molecule has 5 nitrogen and oxygen atoms in total. The van der Waals surface area contributed by atoms with Crippen LogP contribution in [0.5, 0.6) is 0 Å². The molecule has 0 amide bonds. The zero-order chi connectivity index (χ0) is 12.5. The molecule has 0 atom stereocenters. The van der Waals surface area contributed by atoms with Gasteiger partial charge in [-0.05, 0) is 24.3 Å². The predicted molar refractivity (Wildman–Crippen MR) is 72.6 cm³/mol. The molecule has 0 aliphatic rings. The van der Waals surface area contributed by atoms with Crippen molar-refractivity contribution in [3.8, 4) is 0 Å². The van der Waals surface area contributed by atoms with E-state index >= 15 is 0 Å². The monoisotopic (exact) mass is 239 g/mol. The molecule has 2 heterocycles. The molecule has 0 fully saturated rings. The van der Waals surface area contributed by atoms with Crippen molar-refractivity contribution in [1.82, 2.24) is 14.5 Å². The lowest BCUT2D eigenvalue weighted by atomic mass is 10.2. The smallest absolute Gasteiger partial charge is 0.201 e. The lowest BCUT2D eigenvalue weighted by Gasteiger charge is -2.06. The third-order valence-electron chi connectivity index (χ3n) is 2.91. The summed E-state index contributed by atoms with van der Waals surface area (Å²) in [7, 11) is 1.90. The number of imidazole rings is 1. The molecule has 5 heteroatoms. The molecule has 2 aromatic heterocycles. The van der Waals surface area contributed by atoms with Crippen molar-refractivity contribution < 1.29 is 0 Å². The molecular formula is C13H13N5. The second-order valence-electron chi connectivity index (χ2n) is 4.06. The Kier molecular flexibility index (Phi) is 2.37. The third kappa shape index (κ3) is 1.66. The second kappa shape index (κ2) is 4.03. The zero-order valence-electron chi connectivity index (χ0n) is 9.96. The SMILES string of the molecule is Cn1c(N)nc2c(Nc3ccncc3)cccc21.